The van der Waals surface area contributed by atoms with Crippen LogP contribution in [0.3, 0.4) is 0 Å². The van der Waals surface area contributed by atoms with Gasteiger partial charge < -0.3 is 0 Å². The molecule has 0 heteroatoms. The maximum Gasteiger partial charge on any atom is -0.0129 e. The van der Waals surface area contributed by atoms with Crippen molar-refractivity contribution < 1.29 is 0 Å². The van der Waals surface area contributed by atoms with Crippen molar-refractivity contribution in [3.63, 3.8) is 0 Å². The summed E-state index contributed by atoms with van der Waals surface area (Å²) < 4.78 is 0. The van der Waals surface area contributed by atoms with E-state index < -0.39 is 0 Å². The largest absolute Gasteiger partial charge is 0.0613 e. The SMILES string of the molecule is CCc1ccc(C(C)C)cc1C(C)(C)C. The Morgan fingerprint density at radius 2 is 1.73 bits per heavy atom. The van der Waals surface area contributed by atoms with Crippen LogP contribution in [0.2, 0.25) is 0 Å². The van der Waals surface area contributed by atoms with Gasteiger partial charge in [-0.15, -0.1) is 0 Å². The van der Waals surface area contributed by atoms with Gasteiger partial charge in [-0.1, -0.05) is 59.7 Å². The Morgan fingerprint density at radius 1 is 1.13 bits per heavy atom. The van der Waals surface area contributed by atoms with Crippen LogP contribution < -0.4 is 0 Å². The highest BCUT2D eigenvalue weighted by atomic mass is 14.2. The van der Waals surface area contributed by atoms with Gasteiger partial charge in [0.25, 0.3) is 0 Å². The predicted octanol–water partition coefficient (Wildman–Crippen LogP) is 4.67. The third kappa shape index (κ3) is 2.84. The van der Waals surface area contributed by atoms with Gasteiger partial charge in [-0.2, -0.15) is 0 Å². The quantitative estimate of drug-likeness (QED) is 0.656. The average molecular weight is 204 g/mol. The Kier molecular flexibility index (Phi) is 3.59. The molecular weight excluding hydrogens is 180 g/mol. The molecule has 0 aromatic heterocycles. The molecule has 0 amide bonds. The van der Waals surface area contributed by atoms with Gasteiger partial charge >= 0.3 is 0 Å². The lowest BCUT2D eigenvalue weighted by Crippen LogP contribution is -2.14. The summed E-state index contributed by atoms with van der Waals surface area (Å²) in [6.45, 7) is 13.6. The predicted molar refractivity (Wildman–Crippen MR) is 68.6 cm³/mol. The fraction of sp³-hybridized carbons (Fsp3) is 0.600. The zero-order valence-electron chi connectivity index (χ0n) is 11.0. The first-order valence-electron chi connectivity index (χ1n) is 5.99. The van der Waals surface area contributed by atoms with Gasteiger partial charge in [-0.05, 0) is 34.4 Å². The molecular formula is C15H24. The van der Waals surface area contributed by atoms with Crippen molar-refractivity contribution in [2.75, 3.05) is 0 Å². The monoisotopic (exact) mass is 204 g/mol. The number of aryl methyl sites for hydroxylation is 1. The Balaban J connectivity index is 3.26. The van der Waals surface area contributed by atoms with Crippen molar-refractivity contribution in [3.8, 4) is 0 Å². The Morgan fingerprint density at radius 3 is 2.13 bits per heavy atom. The van der Waals surface area contributed by atoms with Gasteiger partial charge in [0.05, 0.1) is 0 Å². The van der Waals surface area contributed by atoms with Crippen molar-refractivity contribution >= 4 is 0 Å². The molecule has 0 nitrogen and oxygen atoms in total. The van der Waals surface area contributed by atoms with Gasteiger partial charge in [0, 0.05) is 0 Å². The summed E-state index contributed by atoms with van der Waals surface area (Å²) in [7, 11) is 0. The van der Waals surface area contributed by atoms with Crippen LogP contribution in [0.15, 0.2) is 18.2 Å². The third-order valence-corrected chi connectivity index (χ3v) is 2.99. The number of benzene rings is 1. The molecule has 0 radical (unpaired) electrons. The maximum atomic E-state index is 2.39. The molecule has 1 aromatic carbocycles. The van der Waals surface area contributed by atoms with Gasteiger partial charge in [-0.25, -0.2) is 0 Å². The number of rotatable bonds is 2. The minimum absolute atomic E-state index is 0.260. The topological polar surface area (TPSA) is 0 Å². The fourth-order valence-corrected chi connectivity index (χ4v) is 1.96. The second kappa shape index (κ2) is 4.38. The van der Waals surface area contributed by atoms with Crippen LogP contribution in [0.1, 0.15) is 64.2 Å². The average Bonchev–Trinajstić information content (AvgIpc) is 2.15. The zero-order valence-corrected chi connectivity index (χ0v) is 11.0. The molecule has 0 heterocycles. The summed E-state index contributed by atoms with van der Waals surface area (Å²) in [4.78, 5) is 0. The van der Waals surface area contributed by atoms with E-state index in [9.17, 15) is 0 Å². The van der Waals surface area contributed by atoms with E-state index in [-0.39, 0.29) is 5.41 Å². The van der Waals surface area contributed by atoms with Crippen molar-refractivity contribution in [3.05, 3.63) is 34.9 Å². The summed E-state index contributed by atoms with van der Waals surface area (Å²) >= 11 is 0. The van der Waals surface area contributed by atoms with E-state index in [1.54, 1.807) is 0 Å². The summed E-state index contributed by atoms with van der Waals surface area (Å²) in [5.41, 5.74) is 4.72. The first kappa shape index (κ1) is 12.3. The fourth-order valence-electron chi connectivity index (χ4n) is 1.96. The molecule has 0 saturated carbocycles. The number of hydrogen-bond donors (Lipinski definition) is 0. The van der Waals surface area contributed by atoms with E-state index in [0.29, 0.717) is 5.92 Å². The molecule has 0 fully saturated rings. The van der Waals surface area contributed by atoms with Crippen LogP contribution in [0.25, 0.3) is 0 Å². The molecule has 0 N–H and O–H groups in total. The highest BCUT2D eigenvalue weighted by Gasteiger charge is 2.17. The Labute approximate surface area is 94.7 Å². The van der Waals surface area contributed by atoms with Gasteiger partial charge in [0.2, 0.25) is 0 Å². The van der Waals surface area contributed by atoms with Crippen LogP contribution in [0.5, 0.6) is 0 Å². The zero-order chi connectivity index (χ0) is 11.6. The van der Waals surface area contributed by atoms with E-state index >= 15 is 0 Å². The van der Waals surface area contributed by atoms with Crippen LogP contribution >= 0.6 is 0 Å². The minimum Gasteiger partial charge on any atom is -0.0613 e. The highest BCUT2D eigenvalue weighted by molar-refractivity contribution is 5.37. The first-order valence-corrected chi connectivity index (χ1v) is 5.99. The maximum absolute atomic E-state index is 2.39. The molecule has 0 bridgehead atoms. The number of hydrogen-bond acceptors (Lipinski definition) is 0. The molecule has 84 valence electrons. The van der Waals surface area contributed by atoms with E-state index in [1.165, 1.54) is 16.7 Å². The first-order chi connectivity index (χ1) is 6.86. The normalized spacial score (nSPS) is 12.2. The summed E-state index contributed by atoms with van der Waals surface area (Å²) in [6.07, 6.45) is 1.13. The molecule has 0 spiro atoms. The van der Waals surface area contributed by atoms with E-state index in [4.69, 9.17) is 0 Å². The van der Waals surface area contributed by atoms with Gasteiger partial charge in [0.15, 0.2) is 0 Å². The minimum atomic E-state index is 0.260. The van der Waals surface area contributed by atoms with Crippen LogP contribution in [-0.4, -0.2) is 0 Å². The van der Waals surface area contributed by atoms with Crippen molar-refractivity contribution in [2.45, 2.75) is 59.3 Å². The standard InChI is InChI=1S/C15H24/c1-7-12-8-9-13(11(2)3)10-14(12)15(4,5)6/h8-11H,7H2,1-6H3. The van der Waals surface area contributed by atoms with Gasteiger partial charge in [-0.3, -0.25) is 0 Å². The summed E-state index contributed by atoms with van der Waals surface area (Å²) in [5, 5.41) is 0. The molecule has 1 rings (SSSR count). The molecule has 0 aliphatic rings. The van der Waals surface area contributed by atoms with Crippen molar-refractivity contribution in [1.29, 1.82) is 0 Å². The van der Waals surface area contributed by atoms with E-state index in [1.807, 2.05) is 0 Å². The molecule has 15 heavy (non-hydrogen) atoms. The second-order valence-electron chi connectivity index (χ2n) is 5.67. The van der Waals surface area contributed by atoms with Crippen molar-refractivity contribution in [2.24, 2.45) is 0 Å². The summed E-state index contributed by atoms with van der Waals surface area (Å²) in [5.74, 6) is 0.622. The van der Waals surface area contributed by atoms with Crippen LogP contribution in [0, 0.1) is 0 Å². The van der Waals surface area contributed by atoms with E-state index in [0.717, 1.165) is 6.42 Å². The Hall–Kier alpha value is -0.780. The van der Waals surface area contributed by atoms with Crippen LogP contribution in [-0.2, 0) is 11.8 Å². The third-order valence-electron chi connectivity index (χ3n) is 2.99. The van der Waals surface area contributed by atoms with Crippen molar-refractivity contribution in [1.82, 2.24) is 0 Å². The lowest BCUT2D eigenvalue weighted by atomic mass is 9.81. The molecule has 0 aliphatic carbocycles. The smallest absolute Gasteiger partial charge is 0.0129 e. The lowest BCUT2D eigenvalue weighted by molar-refractivity contribution is 0.581. The molecule has 0 aliphatic heterocycles. The Bertz CT molecular complexity index is 326. The van der Waals surface area contributed by atoms with Gasteiger partial charge in [0.1, 0.15) is 0 Å². The molecule has 0 unspecified atom stereocenters. The molecule has 1 aromatic rings. The highest BCUT2D eigenvalue weighted by Crippen LogP contribution is 2.29. The lowest BCUT2D eigenvalue weighted by Gasteiger charge is -2.24. The van der Waals surface area contributed by atoms with Crippen LogP contribution in [0.4, 0.5) is 0 Å². The molecule has 0 saturated heterocycles. The summed E-state index contributed by atoms with van der Waals surface area (Å²) in [6, 6.07) is 6.97. The molecule has 0 atom stereocenters. The second-order valence-corrected chi connectivity index (χ2v) is 5.67. The van der Waals surface area contributed by atoms with E-state index in [2.05, 4.69) is 59.7 Å².